The molecule has 0 amide bonds. The second kappa shape index (κ2) is 5.61. The van der Waals surface area contributed by atoms with Gasteiger partial charge in [0.1, 0.15) is 0 Å². The third-order valence-corrected chi connectivity index (χ3v) is 3.91. The van der Waals surface area contributed by atoms with Gasteiger partial charge in [0.05, 0.1) is 5.56 Å². The summed E-state index contributed by atoms with van der Waals surface area (Å²) in [7, 11) is 1.52. The maximum absolute atomic E-state index is 13.2. The number of benzene rings is 1. The van der Waals surface area contributed by atoms with Crippen LogP contribution in [0.3, 0.4) is 0 Å². The van der Waals surface area contributed by atoms with Crippen LogP contribution in [0.15, 0.2) is 46.9 Å². The van der Waals surface area contributed by atoms with Crippen molar-refractivity contribution in [2.45, 2.75) is 12.3 Å². The molecule has 1 aliphatic heterocycles. The highest BCUT2D eigenvalue weighted by molar-refractivity contribution is 7.80. The molecule has 2 aromatic rings. The molecule has 1 unspecified atom stereocenters. The molecular formula is C14H10ClF3N4S. The third kappa shape index (κ3) is 2.96. The van der Waals surface area contributed by atoms with Crippen molar-refractivity contribution in [2.24, 2.45) is 17.3 Å². The number of thiocarbonyl (C=S) groups is 1. The molecular weight excluding hydrogens is 349 g/mol. The molecule has 1 aliphatic rings. The van der Waals surface area contributed by atoms with Crippen molar-refractivity contribution in [3.05, 3.63) is 52.8 Å². The van der Waals surface area contributed by atoms with Crippen LogP contribution in [-0.4, -0.2) is 9.68 Å². The molecule has 1 aromatic heterocycles. The van der Waals surface area contributed by atoms with Crippen LogP contribution in [0.4, 0.5) is 18.9 Å². The summed E-state index contributed by atoms with van der Waals surface area (Å²) in [5, 5.41) is 8.32. The van der Waals surface area contributed by atoms with Crippen molar-refractivity contribution in [1.29, 1.82) is 0 Å². The summed E-state index contributed by atoms with van der Waals surface area (Å²) in [6.07, 6.45) is -3.04. The first-order valence-electron chi connectivity index (χ1n) is 6.50. The van der Waals surface area contributed by atoms with Gasteiger partial charge in [-0.2, -0.15) is 18.3 Å². The van der Waals surface area contributed by atoms with Gasteiger partial charge in [-0.3, -0.25) is 4.90 Å². The predicted molar refractivity (Wildman–Crippen MR) is 84.5 cm³/mol. The first-order valence-corrected chi connectivity index (χ1v) is 7.28. The molecule has 0 fully saturated rings. The van der Waals surface area contributed by atoms with Gasteiger partial charge in [-0.15, -0.1) is 5.11 Å². The fraction of sp³-hybridized carbons (Fsp3) is 0.214. The highest BCUT2D eigenvalue weighted by Crippen LogP contribution is 2.41. The zero-order valence-corrected chi connectivity index (χ0v) is 13.3. The Balaban J connectivity index is 2.07. The monoisotopic (exact) mass is 358 g/mol. The second-order valence-electron chi connectivity index (χ2n) is 5.01. The number of anilines is 1. The van der Waals surface area contributed by atoms with Crippen molar-refractivity contribution in [1.82, 2.24) is 4.57 Å². The van der Waals surface area contributed by atoms with Gasteiger partial charge in [0.25, 0.3) is 0 Å². The lowest BCUT2D eigenvalue weighted by molar-refractivity contribution is -0.138. The van der Waals surface area contributed by atoms with E-state index in [0.717, 1.165) is 6.20 Å². The van der Waals surface area contributed by atoms with Gasteiger partial charge in [-0.05, 0) is 36.5 Å². The van der Waals surface area contributed by atoms with Gasteiger partial charge in [-0.1, -0.05) is 11.6 Å². The van der Waals surface area contributed by atoms with E-state index in [9.17, 15) is 13.2 Å². The number of aromatic nitrogens is 1. The number of nitrogens with zero attached hydrogens (tertiary/aromatic N) is 4. The molecule has 4 nitrogen and oxygen atoms in total. The number of rotatable bonds is 2. The summed E-state index contributed by atoms with van der Waals surface area (Å²) in [5.41, 5.74) is -0.183. The van der Waals surface area contributed by atoms with E-state index in [1.54, 1.807) is 24.3 Å². The topological polar surface area (TPSA) is 32.9 Å². The van der Waals surface area contributed by atoms with Gasteiger partial charge in [0, 0.05) is 35.7 Å². The van der Waals surface area contributed by atoms with Crippen LogP contribution in [0, 0.1) is 0 Å². The zero-order valence-electron chi connectivity index (χ0n) is 11.8. The number of hydrogen-bond acceptors (Lipinski definition) is 2. The van der Waals surface area contributed by atoms with E-state index < -0.39 is 17.9 Å². The van der Waals surface area contributed by atoms with Crippen LogP contribution in [0.25, 0.3) is 0 Å². The molecule has 3 rings (SSSR count). The largest absolute Gasteiger partial charge is 0.418 e. The van der Waals surface area contributed by atoms with E-state index in [-0.39, 0.29) is 10.7 Å². The quantitative estimate of drug-likeness (QED) is 0.711. The molecule has 0 bridgehead atoms. The molecule has 2 heterocycles. The first-order chi connectivity index (χ1) is 10.8. The Bertz CT molecular complexity index is 782. The van der Waals surface area contributed by atoms with Crippen LogP contribution >= 0.6 is 23.8 Å². The van der Waals surface area contributed by atoms with Crippen molar-refractivity contribution in [2.75, 3.05) is 4.90 Å². The van der Waals surface area contributed by atoms with Crippen LogP contribution in [-0.2, 0) is 13.2 Å². The highest BCUT2D eigenvalue weighted by Gasteiger charge is 2.40. The lowest BCUT2D eigenvalue weighted by Gasteiger charge is -2.24. The Morgan fingerprint density at radius 2 is 1.83 bits per heavy atom. The smallest absolute Gasteiger partial charge is 0.356 e. The summed E-state index contributed by atoms with van der Waals surface area (Å²) in [6.45, 7) is 0. The molecule has 120 valence electrons. The molecule has 0 spiro atoms. The first kappa shape index (κ1) is 15.9. The normalized spacial score (nSPS) is 18.0. The Morgan fingerprint density at radius 3 is 2.43 bits per heavy atom. The van der Waals surface area contributed by atoms with Crippen LogP contribution in [0.2, 0.25) is 5.02 Å². The average molecular weight is 359 g/mol. The molecule has 23 heavy (non-hydrogen) atoms. The van der Waals surface area contributed by atoms with Crippen LogP contribution < -0.4 is 4.90 Å². The number of hydrogen-bond donors (Lipinski definition) is 0. The van der Waals surface area contributed by atoms with Gasteiger partial charge < -0.3 is 4.57 Å². The molecule has 1 aromatic carbocycles. The fourth-order valence-corrected chi connectivity index (χ4v) is 2.79. The van der Waals surface area contributed by atoms with E-state index in [2.05, 4.69) is 10.2 Å². The van der Waals surface area contributed by atoms with Gasteiger partial charge >= 0.3 is 6.18 Å². The van der Waals surface area contributed by atoms with Gasteiger partial charge in [0.2, 0.25) is 5.11 Å². The Labute approximate surface area is 140 Å². The summed E-state index contributed by atoms with van der Waals surface area (Å²) in [6, 6.07) is 6.58. The molecule has 0 saturated heterocycles. The number of aryl methyl sites for hydroxylation is 1. The van der Waals surface area contributed by atoms with E-state index in [1.807, 2.05) is 0 Å². The summed E-state index contributed by atoms with van der Waals surface area (Å²) >= 11 is 11.0. The number of azo groups is 1. The van der Waals surface area contributed by atoms with Crippen molar-refractivity contribution in [3.63, 3.8) is 0 Å². The Morgan fingerprint density at radius 1 is 1.17 bits per heavy atom. The van der Waals surface area contributed by atoms with Crippen LogP contribution in [0.5, 0.6) is 0 Å². The van der Waals surface area contributed by atoms with Crippen molar-refractivity contribution in [3.8, 4) is 0 Å². The van der Waals surface area contributed by atoms with Gasteiger partial charge in [-0.25, -0.2) is 0 Å². The molecule has 0 saturated carbocycles. The minimum Gasteiger partial charge on any atom is -0.356 e. The molecule has 0 radical (unpaired) electrons. The fourth-order valence-electron chi connectivity index (χ4n) is 2.41. The predicted octanol–water partition coefficient (Wildman–Crippen LogP) is 4.95. The van der Waals surface area contributed by atoms with Crippen LogP contribution in [0.1, 0.15) is 17.3 Å². The minimum atomic E-state index is -4.48. The lowest BCUT2D eigenvalue weighted by Crippen LogP contribution is -2.28. The zero-order chi connectivity index (χ0) is 16.8. The van der Waals surface area contributed by atoms with Gasteiger partial charge in [0.15, 0.2) is 6.17 Å². The Hall–Kier alpha value is -1.93. The van der Waals surface area contributed by atoms with Crippen molar-refractivity contribution >= 4 is 34.6 Å². The number of alkyl halides is 3. The summed E-state index contributed by atoms with van der Waals surface area (Å²) < 4.78 is 41.1. The SMILES string of the molecule is Cn1cc(C2N=NC(=S)N2c2ccc(Cl)cc2)c(C(F)(F)F)c1. The van der Waals surface area contributed by atoms with Crippen molar-refractivity contribution < 1.29 is 13.2 Å². The maximum Gasteiger partial charge on any atom is 0.418 e. The molecule has 0 aliphatic carbocycles. The molecule has 9 heteroatoms. The van der Waals surface area contributed by atoms with E-state index in [4.69, 9.17) is 23.8 Å². The third-order valence-electron chi connectivity index (χ3n) is 3.38. The van der Waals surface area contributed by atoms with E-state index in [1.165, 1.54) is 22.7 Å². The average Bonchev–Trinajstić information content (AvgIpc) is 3.02. The second-order valence-corrected chi connectivity index (χ2v) is 5.81. The standard InChI is InChI=1S/C14H10ClF3N4S/c1-21-6-10(11(7-21)14(16,17)18)12-19-20-13(23)22(12)9-4-2-8(15)3-5-9/h2-7,12H,1H3. The van der Waals surface area contributed by atoms with E-state index >= 15 is 0 Å². The molecule has 1 atom stereocenters. The van der Waals surface area contributed by atoms with E-state index in [0.29, 0.717) is 10.7 Å². The molecule has 0 N–H and O–H groups in total. The lowest BCUT2D eigenvalue weighted by atomic mass is 10.1. The minimum absolute atomic E-state index is 0.00134. The Kier molecular flexibility index (Phi) is 3.89. The number of halogens is 4. The highest BCUT2D eigenvalue weighted by atomic mass is 35.5. The summed E-state index contributed by atoms with van der Waals surface area (Å²) in [4.78, 5) is 1.47. The summed E-state index contributed by atoms with van der Waals surface area (Å²) in [5.74, 6) is 0. The maximum atomic E-state index is 13.2.